The van der Waals surface area contributed by atoms with E-state index in [4.69, 9.17) is 0 Å². The summed E-state index contributed by atoms with van der Waals surface area (Å²) in [6.07, 6.45) is 0. The molecule has 9 nitrogen and oxygen atoms in total. The van der Waals surface area contributed by atoms with Gasteiger partial charge in [0.1, 0.15) is 0 Å². The molecule has 0 spiro atoms. The lowest BCUT2D eigenvalue weighted by Gasteiger charge is -2.03. The number of nitro benzene ring substituents is 2. The van der Waals surface area contributed by atoms with Crippen LogP contribution in [-0.4, -0.2) is 41.9 Å². The van der Waals surface area contributed by atoms with Crippen molar-refractivity contribution in [3.8, 4) is 12.0 Å². The first-order valence-corrected chi connectivity index (χ1v) is 5.52. The van der Waals surface area contributed by atoms with Crippen LogP contribution in [0.3, 0.4) is 0 Å². The number of nitrogens with zero attached hydrogens (tertiary/aromatic N) is 3. The topological polar surface area (TPSA) is 116 Å². The van der Waals surface area contributed by atoms with Gasteiger partial charge in [0.25, 0.3) is 11.4 Å². The van der Waals surface area contributed by atoms with Gasteiger partial charge in [0.2, 0.25) is 0 Å². The molecule has 110 valence electrons. The number of esters is 1. The summed E-state index contributed by atoms with van der Waals surface area (Å²) in [5.41, 5.74) is -1.91. The average Bonchev–Trinajstić information content (AvgIpc) is 2.42. The summed E-state index contributed by atoms with van der Waals surface area (Å²) in [7, 11) is 4.22. The van der Waals surface area contributed by atoms with Crippen LogP contribution in [0.5, 0.6) is 0 Å². The number of hydrogen-bond donors (Lipinski definition) is 0. The summed E-state index contributed by atoms with van der Waals surface area (Å²) in [5, 5.41) is 22.1. The molecule has 0 radical (unpaired) electrons. The predicted molar refractivity (Wildman–Crippen MR) is 71.7 cm³/mol. The summed E-state index contributed by atoms with van der Waals surface area (Å²) < 4.78 is 4.42. The Morgan fingerprint density at radius 2 is 1.67 bits per heavy atom. The molecule has 0 heterocycles. The molecule has 9 heteroatoms. The van der Waals surface area contributed by atoms with Gasteiger partial charge in [-0.3, -0.25) is 20.2 Å². The molecule has 0 N–H and O–H groups in total. The van der Waals surface area contributed by atoms with Crippen LogP contribution in [0.4, 0.5) is 11.4 Å². The lowest BCUT2D eigenvalue weighted by atomic mass is 10.1. The van der Waals surface area contributed by atoms with Crippen molar-refractivity contribution in [2.45, 2.75) is 0 Å². The number of carbonyl (C=O) groups is 1. The predicted octanol–water partition coefficient (Wildman–Crippen LogP) is 1.16. The van der Waals surface area contributed by atoms with Crippen molar-refractivity contribution in [2.24, 2.45) is 0 Å². The van der Waals surface area contributed by atoms with Gasteiger partial charge in [0, 0.05) is 32.3 Å². The van der Waals surface area contributed by atoms with Crippen LogP contribution in [0.25, 0.3) is 0 Å². The number of methoxy groups -OCH3 is 1. The van der Waals surface area contributed by atoms with Crippen molar-refractivity contribution < 1.29 is 19.4 Å². The SMILES string of the molecule is COC(=O)c1cc([N+](=O)[O-])c(C#CN(C)C)c([N+](=O)[O-])c1. The zero-order chi connectivity index (χ0) is 16.2. The molecule has 0 atom stereocenters. The van der Waals surface area contributed by atoms with E-state index in [9.17, 15) is 25.0 Å². The largest absolute Gasteiger partial charge is 0.465 e. The molecule has 21 heavy (non-hydrogen) atoms. The molecular weight excluding hydrogens is 282 g/mol. The van der Waals surface area contributed by atoms with Gasteiger partial charge < -0.3 is 9.64 Å². The van der Waals surface area contributed by atoms with Crippen LogP contribution in [0.1, 0.15) is 15.9 Å². The third-order valence-corrected chi connectivity index (χ3v) is 2.32. The first-order chi connectivity index (χ1) is 9.77. The lowest BCUT2D eigenvalue weighted by molar-refractivity contribution is -0.394. The summed E-state index contributed by atoms with van der Waals surface area (Å²) in [5.74, 6) is 1.46. The summed E-state index contributed by atoms with van der Waals surface area (Å²) in [4.78, 5) is 33.3. The highest BCUT2D eigenvalue weighted by molar-refractivity contribution is 5.92. The number of hydrogen-bond acceptors (Lipinski definition) is 7. The zero-order valence-corrected chi connectivity index (χ0v) is 11.4. The Kier molecular flexibility index (Phi) is 4.80. The average molecular weight is 293 g/mol. The molecule has 0 amide bonds. The van der Waals surface area contributed by atoms with Crippen molar-refractivity contribution in [2.75, 3.05) is 21.2 Å². The summed E-state index contributed by atoms with van der Waals surface area (Å²) in [6.45, 7) is 0. The molecule has 0 aromatic heterocycles. The molecule has 0 aliphatic heterocycles. The van der Waals surface area contributed by atoms with Crippen molar-refractivity contribution in [1.29, 1.82) is 0 Å². The highest BCUT2D eigenvalue weighted by Gasteiger charge is 2.27. The summed E-state index contributed by atoms with van der Waals surface area (Å²) >= 11 is 0. The van der Waals surface area contributed by atoms with Gasteiger partial charge in [-0.15, -0.1) is 0 Å². The number of ether oxygens (including phenoxy) is 1. The smallest absolute Gasteiger partial charge is 0.338 e. The van der Waals surface area contributed by atoms with E-state index in [2.05, 4.69) is 16.7 Å². The molecule has 0 saturated heterocycles. The molecule has 0 aliphatic rings. The Labute approximate surface area is 119 Å². The van der Waals surface area contributed by atoms with Crippen molar-refractivity contribution in [1.82, 2.24) is 4.90 Å². The number of nitro groups is 2. The van der Waals surface area contributed by atoms with E-state index < -0.39 is 27.2 Å². The van der Waals surface area contributed by atoms with E-state index in [1.54, 1.807) is 14.1 Å². The number of carbonyl (C=O) groups excluding carboxylic acids is 1. The Hall–Kier alpha value is -3.15. The van der Waals surface area contributed by atoms with Gasteiger partial charge in [0.05, 0.1) is 22.5 Å². The second-order valence-corrected chi connectivity index (χ2v) is 4.03. The maximum Gasteiger partial charge on any atom is 0.338 e. The van der Waals surface area contributed by atoms with Crippen LogP contribution < -0.4 is 0 Å². The molecular formula is C12H11N3O6. The van der Waals surface area contributed by atoms with Crippen molar-refractivity contribution in [3.63, 3.8) is 0 Å². The van der Waals surface area contributed by atoms with Gasteiger partial charge in [-0.1, -0.05) is 0 Å². The maximum atomic E-state index is 11.4. The fraction of sp³-hybridized carbons (Fsp3) is 0.250. The van der Waals surface area contributed by atoms with E-state index in [1.807, 2.05) is 0 Å². The Balaban J connectivity index is 3.68. The maximum absolute atomic E-state index is 11.4. The molecule has 0 saturated carbocycles. The van der Waals surface area contributed by atoms with Crippen LogP contribution in [-0.2, 0) is 4.74 Å². The van der Waals surface area contributed by atoms with Crippen LogP contribution in [0.15, 0.2) is 12.1 Å². The first-order valence-electron chi connectivity index (χ1n) is 5.52. The molecule has 1 aromatic carbocycles. The van der Waals surface area contributed by atoms with Crippen LogP contribution in [0, 0.1) is 32.2 Å². The zero-order valence-electron chi connectivity index (χ0n) is 11.4. The minimum Gasteiger partial charge on any atom is -0.465 e. The minimum atomic E-state index is -0.909. The molecule has 1 aromatic rings. The van der Waals surface area contributed by atoms with Gasteiger partial charge in [-0.05, 0) is 5.92 Å². The molecule has 0 bridgehead atoms. The Morgan fingerprint density at radius 1 is 1.19 bits per heavy atom. The van der Waals surface area contributed by atoms with E-state index in [0.29, 0.717) is 0 Å². The van der Waals surface area contributed by atoms with Crippen LogP contribution >= 0.6 is 0 Å². The summed E-state index contributed by atoms with van der Waals surface area (Å²) in [6, 6.07) is 4.28. The lowest BCUT2D eigenvalue weighted by Crippen LogP contribution is -2.07. The Morgan fingerprint density at radius 3 is 2.00 bits per heavy atom. The second kappa shape index (κ2) is 6.33. The number of rotatable bonds is 3. The third kappa shape index (κ3) is 3.66. The molecule has 0 aliphatic carbocycles. The second-order valence-electron chi connectivity index (χ2n) is 4.03. The fourth-order valence-corrected chi connectivity index (χ4v) is 1.43. The molecule has 0 unspecified atom stereocenters. The Bertz CT molecular complexity index is 636. The third-order valence-electron chi connectivity index (χ3n) is 2.32. The quantitative estimate of drug-likeness (QED) is 0.270. The van der Waals surface area contributed by atoms with Crippen molar-refractivity contribution in [3.05, 3.63) is 43.5 Å². The monoisotopic (exact) mass is 293 g/mol. The van der Waals surface area contributed by atoms with Gasteiger partial charge >= 0.3 is 5.97 Å². The first kappa shape index (κ1) is 15.9. The highest BCUT2D eigenvalue weighted by Crippen LogP contribution is 2.29. The van der Waals surface area contributed by atoms with E-state index in [-0.39, 0.29) is 11.1 Å². The number of benzene rings is 1. The van der Waals surface area contributed by atoms with Gasteiger partial charge in [0.15, 0.2) is 5.56 Å². The molecule has 1 rings (SSSR count). The van der Waals surface area contributed by atoms with Gasteiger partial charge in [-0.2, -0.15) is 0 Å². The van der Waals surface area contributed by atoms with E-state index >= 15 is 0 Å². The van der Waals surface area contributed by atoms with E-state index in [1.165, 1.54) is 4.90 Å². The standard InChI is InChI=1S/C12H11N3O6/c1-13(2)5-4-9-10(14(17)18)6-8(12(16)21-3)7-11(9)15(19)20/h6-7H,1-3H3. The van der Waals surface area contributed by atoms with E-state index in [0.717, 1.165) is 19.2 Å². The normalized spacial score (nSPS) is 9.29. The fourth-order valence-electron chi connectivity index (χ4n) is 1.43. The van der Waals surface area contributed by atoms with Crippen LogP contribution in [0.2, 0.25) is 0 Å². The highest BCUT2D eigenvalue weighted by atomic mass is 16.6. The van der Waals surface area contributed by atoms with Gasteiger partial charge in [-0.25, -0.2) is 4.79 Å². The molecule has 0 fully saturated rings. The minimum absolute atomic E-state index is 0.286. The van der Waals surface area contributed by atoms with Crippen molar-refractivity contribution >= 4 is 17.3 Å².